The lowest BCUT2D eigenvalue weighted by Crippen LogP contribution is -2.43. The van der Waals surface area contributed by atoms with E-state index in [1.807, 2.05) is 64.1 Å². The molecule has 0 radical (unpaired) electrons. The number of hydrogen-bond donors (Lipinski definition) is 1. The van der Waals surface area contributed by atoms with Crippen LogP contribution in [0.25, 0.3) is 11.3 Å². The molecule has 232 valence electrons. The van der Waals surface area contributed by atoms with Gasteiger partial charge < -0.3 is 24.2 Å². The van der Waals surface area contributed by atoms with Crippen LogP contribution in [0.2, 0.25) is 0 Å². The summed E-state index contributed by atoms with van der Waals surface area (Å²) >= 11 is 0. The van der Waals surface area contributed by atoms with E-state index in [0.29, 0.717) is 39.3 Å². The van der Waals surface area contributed by atoms with Crippen molar-refractivity contribution in [2.45, 2.75) is 72.4 Å². The number of fused-ring (bicyclic) bond motifs is 2. The van der Waals surface area contributed by atoms with Crippen LogP contribution in [0.1, 0.15) is 55.0 Å². The third-order valence-corrected chi connectivity index (χ3v) is 9.15. The van der Waals surface area contributed by atoms with Gasteiger partial charge in [-0.05, 0) is 93.0 Å². The fourth-order valence-electron chi connectivity index (χ4n) is 6.95. The average Bonchev–Trinajstić information content (AvgIpc) is 3.37. The highest BCUT2D eigenvalue weighted by atomic mass is 16.6. The molecule has 2 aromatic carbocycles. The summed E-state index contributed by atoms with van der Waals surface area (Å²) in [5.74, 6) is 0.853. The number of anilines is 1. The van der Waals surface area contributed by atoms with Gasteiger partial charge in [0.25, 0.3) is 0 Å². The molecule has 0 spiro atoms. The van der Waals surface area contributed by atoms with Crippen LogP contribution in [-0.4, -0.2) is 59.0 Å². The van der Waals surface area contributed by atoms with Crippen molar-refractivity contribution in [3.8, 4) is 17.0 Å². The van der Waals surface area contributed by atoms with Gasteiger partial charge in [0.05, 0.1) is 23.8 Å². The van der Waals surface area contributed by atoms with Gasteiger partial charge in [0.2, 0.25) is 0 Å². The van der Waals surface area contributed by atoms with Crippen molar-refractivity contribution in [1.82, 2.24) is 9.88 Å². The number of benzene rings is 2. The molecule has 44 heavy (non-hydrogen) atoms. The number of carbonyl (C=O) groups excluding carboxylic acids is 1. The Labute approximate surface area is 258 Å². The Morgan fingerprint density at radius 1 is 1.07 bits per heavy atom. The van der Waals surface area contributed by atoms with E-state index in [1.165, 1.54) is 0 Å². The van der Waals surface area contributed by atoms with Gasteiger partial charge in [-0.2, -0.15) is 0 Å². The van der Waals surface area contributed by atoms with Gasteiger partial charge in [0, 0.05) is 32.3 Å². The molecule has 1 N–H and O–H groups in total. The van der Waals surface area contributed by atoms with Crippen LogP contribution in [-0.2, 0) is 34.0 Å². The van der Waals surface area contributed by atoms with Crippen molar-refractivity contribution in [2.75, 3.05) is 25.2 Å². The van der Waals surface area contributed by atoms with Crippen LogP contribution in [0.5, 0.6) is 5.75 Å². The summed E-state index contributed by atoms with van der Waals surface area (Å²) in [7, 11) is 1.61. The van der Waals surface area contributed by atoms with Gasteiger partial charge in [-0.25, -0.2) is 9.78 Å². The van der Waals surface area contributed by atoms with E-state index >= 15 is 0 Å². The second kappa shape index (κ2) is 11.1. The molecule has 2 aliphatic heterocycles. The number of amides is 1. The van der Waals surface area contributed by atoms with Crippen LogP contribution in [0.4, 0.5) is 10.6 Å². The number of methoxy groups -OCH3 is 1. The standard InChI is InChI=1S/C35H41N3O6/c1-21-9-7-10-26(28-11-8-12-30(36-28)38-17-25-15-35(25,32(39)40)29(38)20-42-6)31(21)43-19-23-13-22(2)27-18-37(16-24(27)14-23)33(41)44-34(3,4)5/h7-14,25,29H,15-20H2,1-6H3,(H,39,40)/t25-,29+,35+/m0/s1. The number of aliphatic carboxylic acids is 1. The van der Waals surface area contributed by atoms with E-state index < -0.39 is 17.0 Å². The SMILES string of the molecule is COC[C@H]1N(c2cccc(-c3cccc(C)c3OCc3cc(C)c4c(c3)CN(C(=O)OC(C)(C)C)C4)n2)C[C@@H]2C[C@@]21C(=O)O. The minimum absolute atomic E-state index is 0.107. The molecule has 0 unspecified atom stereocenters. The number of nitrogens with zero attached hydrogens (tertiary/aromatic N) is 3. The lowest BCUT2D eigenvalue weighted by molar-refractivity contribution is -0.144. The van der Waals surface area contributed by atoms with Crippen molar-refractivity contribution in [1.29, 1.82) is 0 Å². The molecule has 6 rings (SSSR count). The van der Waals surface area contributed by atoms with Crippen LogP contribution < -0.4 is 9.64 Å². The highest BCUT2D eigenvalue weighted by molar-refractivity contribution is 5.82. The summed E-state index contributed by atoms with van der Waals surface area (Å²) in [6.07, 6.45) is 0.381. The van der Waals surface area contributed by atoms with Crippen molar-refractivity contribution >= 4 is 17.9 Å². The molecule has 3 aliphatic rings. The Hall–Kier alpha value is -4.11. The largest absolute Gasteiger partial charge is 0.488 e. The lowest BCUT2D eigenvalue weighted by atomic mass is 9.97. The normalized spacial score (nSPS) is 22.0. The molecule has 9 heteroatoms. The summed E-state index contributed by atoms with van der Waals surface area (Å²) in [6, 6.07) is 15.9. The number of aryl methyl sites for hydroxylation is 2. The monoisotopic (exact) mass is 599 g/mol. The predicted molar refractivity (Wildman–Crippen MR) is 167 cm³/mol. The number of ether oxygens (including phenoxy) is 3. The Bertz CT molecular complexity index is 1610. The minimum Gasteiger partial charge on any atom is -0.488 e. The third-order valence-electron chi connectivity index (χ3n) is 9.15. The van der Waals surface area contributed by atoms with Crippen molar-refractivity contribution in [3.05, 3.63) is 76.3 Å². The summed E-state index contributed by atoms with van der Waals surface area (Å²) < 4.78 is 17.6. The summed E-state index contributed by atoms with van der Waals surface area (Å²) in [5.41, 5.74) is 5.76. The molecule has 1 aliphatic carbocycles. The summed E-state index contributed by atoms with van der Waals surface area (Å²) in [4.78, 5) is 33.8. The van der Waals surface area contributed by atoms with E-state index in [2.05, 4.69) is 24.0 Å². The number of hydrogen-bond acceptors (Lipinski definition) is 7. The lowest BCUT2D eigenvalue weighted by Gasteiger charge is -2.31. The van der Waals surface area contributed by atoms with Gasteiger partial charge in [0.1, 0.15) is 23.8 Å². The molecular weight excluding hydrogens is 558 g/mol. The highest BCUT2D eigenvalue weighted by Gasteiger charge is 2.71. The number of aromatic nitrogens is 1. The zero-order valence-corrected chi connectivity index (χ0v) is 26.3. The number of piperidine rings is 1. The van der Waals surface area contributed by atoms with Gasteiger partial charge in [-0.1, -0.05) is 30.3 Å². The fourth-order valence-corrected chi connectivity index (χ4v) is 6.95. The number of carboxylic acid groups (broad SMARTS) is 1. The Morgan fingerprint density at radius 3 is 2.57 bits per heavy atom. The second-order valence-electron chi connectivity index (χ2n) is 13.4. The zero-order chi connectivity index (χ0) is 31.4. The van der Waals surface area contributed by atoms with Crippen LogP contribution >= 0.6 is 0 Å². The van der Waals surface area contributed by atoms with Gasteiger partial charge in [0.15, 0.2) is 0 Å². The summed E-state index contributed by atoms with van der Waals surface area (Å²) in [5, 5.41) is 10.0. The first-order chi connectivity index (χ1) is 20.9. The molecule has 1 saturated carbocycles. The smallest absolute Gasteiger partial charge is 0.410 e. The first kappa shape index (κ1) is 29.9. The van der Waals surface area contributed by atoms with Crippen molar-refractivity contribution in [2.24, 2.45) is 11.3 Å². The van der Waals surface area contributed by atoms with Crippen LogP contribution in [0.3, 0.4) is 0 Å². The van der Waals surface area contributed by atoms with E-state index in [0.717, 1.165) is 50.6 Å². The number of pyridine rings is 1. The first-order valence-electron chi connectivity index (χ1n) is 15.2. The van der Waals surface area contributed by atoms with Crippen molar-refractivity contribution < 1.29 is 28.9 Å². The van der Waals surface area contributed by atoms with E-state index in [4.69, 9.17) is 19.2 Å². The second-order valence-corrected chi connectivity index (χ2v) is 13.4. The van der Waals surface area contributed by atoms with Gasteiger partial charge in [-0.3, -0.25) is 9.69 Å². The average molecular weight is 600 g/mol. The maximum Gasteiger partial charge on any atom is 0.410 e. The van der Waals surface area contributed by atoms with Gasteiger partial charge in [-0.15, -0.1) is 0 Å². The fraction of sp³-hybridized carbons (Fsp3) is 0.457. The van der Waals surface area contributed by atoms with Crippen LogP contribution in [0.15, 0.2) is 48.5 Å². The van der Waals surface area contributed by atoms with E-state index in [-0.39, 0.29) is 18.1 Å². The molecule has 1 aromatic heterocycles. The maximum absolute atomic E-state index is 12.7. The quantitative estimate of drug-likeness (QED) is 0.331. The van der Waals surface area contributed by atoms with Crippen LogP contribution in [0, 0.1) is 25.2 Å². The van der Waals surface area contributed by atoms with Gasteiger partial charge >= 0.3 is 12.1 Å². The Kier molecular flexibility index (Phi) is 7.56. The Morgan fingerprint density at radius 2 is 1.84 bits per heavy atom. The predicted octanol–water partition coefficient (Wildman–Crippen LogP) is 6.12. The maximum atomic E-state index is 12.7. The molecule has 0 bridgehead atoms. The Balaban J connectivity index is 1.22. The number of carbonyl (C=O) groups is 2. The van der Waals surface area contributed by atoms with E-state index in [1.54, 1.807) is 12.0 Å². The first-order valence-corrected chi connectivity index (χ1v) is 15.2. The van der Waals surface area contributed by atoms with Crippen molar-refractivity contribution in [3.63, 3.8) is 0 Å². The number of para-hydroxylation sites is 1. The molecule has 9 nitrogen and oxygen atoms in total. The zero-order valence-electron chi connectivity index (χ0n) is 26.3. The molecule has 3 atom stereocenters. The molecule has 1 saturated heterocycles. The molecular formula is C35H41N3O6. The van der Waals surface area contributed by atoms with E-state index in [9.17, 15) is 14.7 Å². The number of rotatable bonds is 8. The summed E-state index contributed by atoms with van der Waals surface area (Å²) in [6.45, 7) is 12.1. The minimum atomic E-state index is -0.761. The topological polar surface area (TPSA) is 101 Å². The molecule has 3 heterocycles. The molecule has 1 amide bonds. The number of carboxylic acids is 1. The highest BCUT2D eigenvalue weighted by Crippen LogP contribution is 2.62. The third kappa shape index (κ3) is 5.38. The molecule has 2 fully saturated rings. The molecule has 3 aromatic rings.